The normalized spacial score (nSPS) is 10.2. The minimum absolute atomic E-state index is 0.214. The Kier molecular flexibility index (Phi) is 3.61. The van der Waals surface area contributed by atoms with Gasteiger partial charge in [-0.3, -0.25) is 0 Å². The molecule has 0 aliphatic carbocycles. The van der Waals surface area contributed by atoms with Crippen LogP contribution < -0.4 is 5.32 Å². The lowest BCUT2D eigenvalue weighted by atomic mass is 10.2. The monoisotopic (exact) mass is 268 g/mol. The molecule has 0 unspecified atom stereocenters. The van der Waals surface area contributed by atoms with Crippen molar-refractivity contribution in [1.29, 1.82) is 0 Å². The van der Waals surface area contributed by atoms with Crippen molar-refractivity contribution in [3.8, 4) is 0 Å². The van der Waals surface area contributed by atoms with E-state index in [9.17, 15) is 4.79 Å². The average molecular weight is 269 g/mol. The number of thiazole rings is 1. The number of hydrogen-bond acceptors (Lipinski definition) is 4. The van der Waals surface area contributed by atoms with Gasteiger partial charge in [0.1, 0.15) is 4.88 Å². The summed E-state index contributed by atoms with van der Waals surface area (Å²) in [6.45, 7) is 0.520. The van der Waals surface area contributed by atoms with Gasteiger partial charge < -0.3 is 10.4 Å². The van der Waals surface area contributed by atoms with Crippen LogP contribution in [0.15, 0.2) is 30.5 Å². The van der Waals surface area contributed by atoms with Gasteiger partial charge in [0.05, 0.1) is 6.20 Å². The van der Waals surface area contributed by atoms with Gasteiger partial charge in [0, 0.05) is 11.6 Å². The van der Waals surface area contributed by atoms with Gasteiger partial charge in [0.25, 0.3) is 0 Å². The van der Waals surface area contributed by atoms with Crippen LogP contribution in [0.4, 0.5) is 5.13 Å². The highest BCUT2D eigenvalue weighted by Gasteiger charge is 2.08. The zero-order valence-corrected chi connectivity index (χ0v) is 10.3. The Hall–Kier alpha value is -1.59. The zero-order chi connectivity index (χ0) is 12.3. The van der Waals surface area contributed by atoms with Crippen molar-refractivity contribution in [1.82, 2.24) is 4.98 Å². The number of hydrogen-bond donors (Lipinski definition) is 2. The van der Waals surface area contributed by atoms with Gasteiger partial charge in [-0.25, -0.2) is 9.78 Å². The molecule has 0 aliphatic heterocycles. The first-order valence-electron chi connectivity index (χ1n) is 4.83. The van der Waals surface area contributed by atoms with E-state index in [0.717, 1.165) is 16.9 Å². The lowest BCUT2D eigenvalue weighted by Crippen LogP contribution is -1.99. The van der Waals surface area contributed by atoms with Crippen molar-refractivity contribution in [2.45, 2.75) is 6.54 Å². The second-order valence-corrected chi connectivity index (χ2v) is 4.72. The minimum Gasteiger partial charge on any atom is -0.477 e. The third-order valence-electron chi connectivity index (χ3n) is 2.10. The van der Waals surface area contributed by atoms with Crippen LogP contribution in [-0.2, 0) is 6.54 Å². The first kappa shape index (κ1) is 11.9. The van der Waals surface area contributed by atoms with Crippen LogP contribution in [-0.4, -0.2) is 16.1 Å². The van der Waals surface area contributed by atoms with Crippen molar-refractivity contribution in [2.24, 2.45) is 0 Å². The van der Waals surface area contributed by atoms with Crippen LogP contribution >= 0.6 is 22.9 Å². The number of carboxylic acids is 1. The van der Waals surface area contributed by atoms with E-state index in [4.69, 9.17) is 16.7 Å². The first-order valence-corrected chi connectivity index (χ1v) is 6.02. The Morgan fingerprint density at radius 3 is 2.88 bits per heavy atom. The predicted molar refractivity (Wildman–Crippen MR) is 67.9 cm³/mol. The first-order chi connectivity index (χ1) is 8.16. The van der Waals surface area contributed by atoms with Crippen LogP contribution in [0.5, 0.6) is 0 Å². The number of aromatic nitrogens is 1. The Morgan fingerprint density at radius 2 is 2.24 bits per heavy atom. The smallest absolute Gasteiger partial charge is 0.347 e. The fourth-order valence-electron chi connectivity index (χ4n) is 1.27. The van der Waals surface area contributed by atoms with Crippen molar-refractivity contribution in [3.05, 3.63) is 45.9 Å². The van der Waals surface area contributed by atoms with E-state index < -0.39 is 5.97 Å². The van der Waals surface area contributed by atoms with Crippen molar-refractivity contribution in [2.75, 3.05) is 5.32 Å². The van der Waals surface area contributed by atoms with E-state index in [0.29, 0.717) is 16.7 Å². The summed E-state index contributed by atoms with van der Waals surface area (Å²) in [4.78, 5) is 14.8. The van der Waals surface area contributed by atoms with Gasteiger partial charge in [-0.15, -0.1) is 0 Å². The largest absolute Gasteiger partial charge is 0.477 e. The molecule has 17 heavy (non-hydrogen) atoms. The number of nitrogens with zero attached hydrogens (tertiary/aromatic N) is 1. The summed E-state index contributed by atoms with van der Waals surface area (Å²) >= 11 is 7.10. The fraction of sp³-hybridized carbons (Fsp3) is 0.0909. The second kappa shape index (κ2) is 5.16. The number of halogens is 1. The molecule has 88 valence electrons. The molecule has 0 amide bonds. The molecule has 0 saturated carbocycles. The maximum Gasteiger partial charge on any atom is 0.347 e. The molecule has 0 atom stereocenters. The molecular weight excluding hydrogens is 260 g/mol. The maximum atomic E-state index is 10.7. The highest BCUT2D eigenvalue weighted by atomic mass is 35.5. The van der Waals surface area contributed by atoms with Crippen molar-refractivity contribution >= 4 is 34.0 Å². The Bertz CT molecular complexity index is 542. The van der Waals surface area contributed by atoms with Gasteiger partial charge in [-0.05, 0) is 11.6 Å². The quantitative estimate of drug-likeness (QED) is 0.894. The predicted octanol–water partition coefficient (Wildman–Crippen LogP) is 3.11. The van der Waals surface area contributed by atoms with Crippen molar-refractivity contribution < 1.29 is 9.90 Å². The van der Waals surface area contributed by atoms with Crippen LogP contribution in [0.3, 0.4) is 0 Å². The molecule has 0 radical (unpaired) electrons. The summed E-state index contributed by atoms with van der Waals surface area (Å²) in [5.41, 5.74) is 0.946. The summed E-state index contributed by atoms with van der Waals surface area (Å²) < 4.78 is 0. The summed E-state index contributed by atoms with van der Waals surface area (Å²) in [6.07, 6.45) is 1.34. The van der Waals surface area contributed by atoms with Gasteiger partial charge in [-0.2, -0.15) is 0 Å². The molecular formula is C11H9ClN2O2S. The summed E-state index contributed by atoms with van der Waals surface area (Å²) in [6, 6.07) is 7.47. The summed E-state index contributed by atoms with van der Waals surface area (Å²) in [7, 11) is 0. The number of benzene rings is 1. The SMILES string of the molecule is O=C(O)c1cnc(NCc2ccccc2Cl)s1. The molecule has 0 fully saturated rings. The van der Waals surface area contributed by atoms with E-state index >= 15 is 0 Å². The number of nitrogens with one attached hydrogen (secondary N) is 1. The third kappa shape index (κ3) is 2.95. The highest BCUT2D eigenvalue weighted by molar-refractivity contribution is 7.17. The average Bonchev–Trinajstić information content (AvgIpc) is 2.77. The molecule has 6 heteroatoms. The summed E-state index contributed by atoms with van der Waals surface area (Å²) in [5, 5.41) is 13.0. The second-order valence-electron chi connectivity index (χ2n) is 3.28. The molecule has 2 aromatic rings. The molecule has 0 aliphatic rings. The number of anilines is 1. The van der Waals surface area contributed by atoms with Gasteiger partial charge in [0.2, 0.25) is 0 Å². The van der Waals surface area contributed by atoms with Crippen LogP contribution in [0.25, 0.3) is 0 Å². The number of aromatic carboxylic acids is 1. The minimum atomic E-state index is -0.965. The molecule has 4 nitrogen and oxygen atoms in total. The van der Waals surface area contributed by atoms with Gasteiger partial charge in [0.15, 0.2) is 5.13 Å². The highest BCUT2D eigenvalue weighted by Crippen LogP contribution is 2.20. The van der Waals surface area contributed by atoms with Crippen LogP contribution in [0.2, 0.25) is 5.02 Å². The molecule has 1 aromatic carbocycles. The lowest BCUT2D eigenvalue weighted by Gasteiger charge is -2.04. The van der Waals surface area contributed by atoms with Gasteiger partial charge >= 0.3 is 5.97 Å². The van der Waals surface area contributed by atoms with E-state index in [1.807, 2.05) is 24.3 Å². The molecule has 0 spiro atoms. The molecule has 0 bridgehead atoms. The van der Waals surface area contributed by atoms with Crippen LogP contribution in [0, 0.1) is 0 Å². The Labute approximate surface area is 107 Å². The molecule has 1 aromatic heterocycles. The number of carboxylic acid groups (broad SMARTS) is 1. The van der Waals surface area contributed by atoms with Crippen molar-refractivity contribution in [3.63, 3.8) is 0 Å². The lowest BCUT2D eigenvalue weighted by molar-refractivity contribution is 0.0702. The van der Waals surface area contributed by atoms with Gasteiger partial charge in [-0.1, -0.05) is 41.1 Å². The zero-order valence-electron chi connectivity index (χ0n) is 8.68. The fourth-order valence-corrected chi connectivity index (χ4v) is 2.12. The van der Waals surface area contributed by atoms with Crippen LogP contribution in [0.1, 0.15) is 15.2 Å². The molecule has 2 rings (SSSR count). The van der Waals surface area contributed by atoms with E-state index in [-0.39, 0.29) is 4.88 Å². The molecule has 2 N–H and O–H groups in total. The number of carbonyl (C=O) groups is 1. The maximum absolute atomic E-state index is 10.7. The standard InChI is InChI=1S/C11H9ClN2O2S/c12-8-4-2-1-3-7(8)5-13-11-14-6-9(17-11)10(15)16/h1-4,6H,5H2,(H,13,14)(H,15,16). The molecule has 1 heterocycles. The van der Waals surface area contributed by atoms with E-state index in [1.165, 1.54) is 6.20 Å². The number of rotatable bonds is 4. The topological polar surface area (TPSA) is 62.2 Å². The Balaban J connectivity index is 2.02. The summed E-state index contributed by atoms with van der Waals surface area (Å²) in [5.74, 6) is -0.965. The van der Waals surface area contributed by atoms with E-state index in [2.05, 4.69) is 10.3 Å². The van der Waals surface area contributed by atoms with E-state index in [1.54, 1.807) is 0 Å². The Morgan fingerprint density at radius 1 is 1.47 bits per heavy atom. The molecule has 0 saturated heterocycles. The third-order valence-corrected chi connectivity index (χ3v) is 3.42.